The Bertz CT molecular complexity index is 656. The lowest BCUT2D eigenvalue weighted by molar-refractivity contribution is -0.125. The summed E-state index contributed by atoms with van der Waals surface area (Å²) in [5.74, 6) is -0.858. The SMILES string of the molecule is O=C(NCCCN1C(=O)CN(C2CCCC2)C1=O)c1ccc(F)cc1. The molecular formula is C18H22FN3O3. The average Bonchev–Trinajstić information content (AvgIpc) is 3.21. The average molecular weight is 347 g/mol. The first-order valence-electron chi connectivity index (χ1n) is 8.71. The minimum absolute atomic E-state index is 0.165. The van der Waals surface area contributed by atoms with Crippen molar-refractivity contribution < 1.29 is 18.8 Å². The van der Waals surface area contributed by atoms with Gasteiger partial charge in [-0.05, 0) is 43.5 Å². The Hall–Kier alpha value is -2.44. The van der Waals surface area contributed by atoms with E-state index in [-0.39, 0.29) is 30.4 Å². The van der Waals surface area contributed by atoms with Crippen LogP contribution in [0.1, 0.15) is 42.5 Å². The van der Waals surface area contributed by atoms with E-state index in [2.05, 4.69) is 5.32 Å². The lowest BCUT2D eigenvalue weighted by Gasteiger charge is -2.22. The van der Waals surface area contributed by atoms with Crippen molar-refractivity contribution in [3.63, 3.8) is 0 Å². The molecule has 6 nitrogen and oxygen atoms in total. The molecule has 1 aliphatic heterocycles. The van der Waals surface area contributed by atoms with Crippen LogP contribution in [0.3, 0.4) is 0 Å². The van der Waals surface area contributed by atoms with Crippen molar-refractivity contribution >= 4 is 17.8 Å². The number of halogens is 1. The van der Waals surface area contributed by atoms with Crippen LogP contribution in [0.25, 0.3) is 0 Å². The van der Waals surface area contributed by atoms with Gasteiger partial charge in [-0.1, -0.05) is 12.8 Å². The minimum atomic E-state index is -0.394. The summed E-state index contributed by atoms with van der Waals surface area (Å²) in [6, 6.07) is 5.28. The van der Waals surface area contributed by atoms with Crippen molar-refractivity contribution in [2.45, 2.75) is 38.1 Å². The van der Waals surface area contributed by atoms with Gasteiger partial charge in [0.25, 0.3) is 5.91 Å². The van der Waals surface area contributed by atoms with E-state index in [1.165, 1.54) is 29.2 Å². The van der Waals surface area contributed by atoms with E-state index < -0.39 is 5.82 Å². The second kappa shape index (κ2) is 7.63. The van der Waals surface area contributed by atoms with Gasteiger partial charge in [0.15, 0.2) is 0 Å². The Balaban J connectivity index is 1.44. The lowest BCUT2D eigenvalue weighted by Crippen LogP contribution is -2.39. The molecule has 0 radical (unpaired) electrons. The van der Waals surface area contributed by atoms with E-state index >= 15 is 0 Å². The van der Waals surface area contributed by atoms with Crippen LogP contribution >= 0.6 is 0 Å². The van der Waals surface area contributed by atoms with E-state index in [1.54, 1.807) is 4.90 Å². The highest BCUT2D eigenvalue weighted by atomic mass is 19.1. The van der Waals surface area contributed by atoms with Crippen molar-refractivity contribution in [1.82, 2.24) is 15.1 Å². The van der Waals surface area contributed by atoms with Crippen molar-refractivity contribution in [2.24, 2.45) is 0 Å². The van der Waals surface area contributed by atoms with Crippen LogP contribution in [0.2, 0.25) is 0 Å². The normalized spacial score (nSPS) is 18.3. The summed E-state index contributed by atoms with van der Waals surface area (Å²) in [7, 11) is 0. The minimum Gasteiger partial charge on any atom is -0.352 e. The third-order valence-corrected chi connectivity index (χ3v) is 4.80. The first kappa shape index (κ1) is 17.4. The van der Waals surface area contributed by atoms with Gasteiger partial charge in [-0.15, -0.1) is 0 Å². The number of hydrogen-bond donors (Lipinski definition) is 1. The Kier molecular flexibility index (Phi) is 5.31. The standard InChI is InChI=1S/C18H22FN3O3/c19-14-8-6-13(7-9-14)17(24)20-10-3-11-21-16(23)12-22(18(21)25)15-4-1-2-5-15/h6-9,15H,1-5,10-12H2,(H,20,24). The zero-order valence-electron chi connectivity index (χ0n) is 14.0. The number of urea groups is 1. The molecule has 2 fully saturated rings. The summed E-state index contributed by atoms with van der Waals surface area (Å²) in [4.78, 5) is 39.4. The molecule has 7 heteroatoms. The third kappa shape index (κ3) is 3.97. The summed E-state index contributed by atoms with van der Waals surface area (Å²) < 4.78 is 12.8. The van der Waals surface area contributed by atoms with Gasteiger partial charge in [-0.25, -0.2) is 9.18 Å². The molecule has 1 aliphatic carbocycles. The lowest BCUT2D eigenvalue weighted by atomic mass is 10.2. The second-order valence-corrected chi connectivity index (χ2v) is 6.51. The smallest absolute Gasteiger partial charge is 0.327 e. The molecule has 1 saturated carbocycles. The number of hydrogen-bond acceptors (Lipinski definition) is 3. The maximum Gasteiger partial charge on any atom is 0.327 e. The molecule has 1 aromatic carbocycles. The summed E-state index contributed by atoms with van der Waals surface area (Å²) in [6.45, 7) is 0.812. The highest BCUT2D eigenvalue weighted by molar-refractivity contribution is 6.02. The topological polar surface area (TPSA) is 69.7 Å². The molecule has 3 rings (SSSR count). The van der Waals surface area contributed by atoms with E-state index in [1.807, 2.05) is 0 Å². The summed E-state index contributed by atoms with van der Waals surface area (Å²) in [6.07, 6.45) is 4.65. The van der Waals surface area contributed by atoms with Crippen LogP contribution in [0, 0.1) is 5.82 Å². The molecule has 0 atom stereocenters. The zero-order chi connectivity index (χ0) is 17.8. The largest absolute Gasteiger partial charge is 0.352 e. The van der Waals surface area contributed by atoms with Gasteiger partial charge in [-0.2, -0.15) is 0 Å². The van der Waals surface area contributed by atoms with Gasteiger partial charge in [0.2, 0.25) is 5.91 Å². The molecular weight excluding hydrogens is 325 g/mol. The highest BCUT2D eigenvalue weighted by Crippen LogP contribution is 2.26. The molecule has 4 amide bonds. The van der Waals surface area contributed by atoms with Gasteiger partial charge in [0, 0.05) is 24.7 Å². The van der Waals surface area contributed by atoms with Crippen LogP contribution in [0.4, 0.5) is 9.18 Å². The number of imide groups is 1. The quantitative estimate of drug-likeness (QED) is 0.633. The molecule has 1 N–H and O–H groups in total. The number of nitrogens with one attached hydrogen (secondary N) is 1. The van der Waals surface area contributed by atoms with Crippen LogP contribution in [0.5, 0.6) is 0 Å². The number of nitrogens with zero attached hydrogens (tertiary/aromatic N) is 2. The predicted molar refractivity (Wildman–Crippen MR) is 89.4 cm³/mol. The van der Waals surface area contributed by atoms with Crippen molar-refractivity contribution in [2.75, 3.05) is 19.6 Å². The first-order valence-corrected chi connectivity index (χ1v) is 8.71. The molecule has 0 unspecified atom stereocenters. The molecule has 0 spiro atoms. The van der Waals surface area contributed by atoms with E-state index in [0.29, 0.717) is 25.1 Å². The summed E-state index contributed by atoms with van der Waals surface area (Å²) >= 11 is 0. The van der Waals surface area contributed by atoms with E-state index in [4.69, 9.17) is 0 Å². The first-order chi connectivity index (χ1) is 12.1. The van der Waals surface area contributed by atoms with Crippen molar-refractivity contribution in [3.05, 3.63) is 35.6 Å². The van der Waals surface area contributed by atoms with Crippen LogP contribution in [-0.2, 0) is 4.79 Å². The van der Waals surface area contributed by atoms with Gasteiger partial charge >= 0.3 is 6.03 Å². The number of carbonyl (C=O) groups excluding carboxylic acids is 3. The molecule has 134 valence electrons. The van der Waals surface area contributed by atoms with E-state index in [9.17, 15) is 18.8 Å². The maximum atomic E-state index is 12.8. The Morgan fingerprint density at radius 1 is 1.16 bits per heavy atom. The third-order valence-electron chi connectivity index (χ3n) is 4.80. The Morgan fingerprint density at radius 3 is 2.52 bits per heavy atom. The predicted octanol–water partition coefficient (Wildman–Crippen LogP) is 2.15. The molecule has 2 aliphatic rings. The van der Waals surface area contributed by atoms with Gasteiger partial charge in [0.1, 0.15) is 12.4 Å². The van der Waals surface area contributed by atoms with Crippen molar-refractivity contribution in [1.29, 1.82) is 0 Å². The molecule has 1 saturated heterocycles. The number of amides is 4. The van der Waals surface area contributed by atoms with Crippen LogP contribution in [-0.4, -0.2) is 53.3 Å². The monoisotopic (exact) mass is 347 g/mol. The fraction of sp³-hybridized carbons (Fsp3) is 0.500. The number of rotatable bonds is 6. The molecule has 25 heavy (non-hydrogen) atoms. The Labute approximate surface area is 146 Å². The molecule has 0 bridgehead atoms. The van der Waals surface area contributed by atoms with Crippen LogP contribution < -0.4 is 5.32 Å². The second-order valence-electron chi connectivity index (χ2n) is 6.51. The Morgan fingerprint density at radius 2 is 1.84 bits per heavy atom. The van der Waals surface area contributed by atoms with Gasteiger partial charge < -0.3 is 10.2 Å². The maximum absolute atomic E-state index is 12.8. The van der Waals surface area contributed by atoms with Crippen LogP contribution in [0.15, 0.2) is 24.3 Å². The molecule has 1 aromatic rings. The van der Waals surface area contributed by atoms with Gasteiger partial charge in [-0.3, -0.25) is 14.5 Å². The van der Waals surface area contributed by atoms with E-state index in [0.717, 1.165) is 25.7 Å². The summed E-state index contributed by atoms with van der Waals surface area (Å²) in [5.41, 5.74) is 0.377. The fourth-order valence-corrected chi connectivity index (χ4v) is 3.42. The molecule has 0 aromatic heterocycles. The summed E-state index contributed by atoms with van der Waals surface area (Å²) in [5, 5.41) is 2.71. The van der Waals surface area contributed by atoms with Gasteiger partial charge in [0.05, 0.1) is 0 Å². The highest BCUT2D eigenvalue weighted by Gasteiger charge is 2.39. The molecule has 1 heterocycles. The number of carbonyl (C=O) groups is 3. The fourth-order valence-electron chi connectivity index (χ4n) is 3.42. The van der Waals surface area contributed by atoms with Crippen molar-refractivity contribution in [3.8, 4) is 0 Å². The zero-order valence-corrected chi connectivity index (χ0v) is 14.0. The number of benzene rings is 1.